The third-order valence-electron chi connectivity index (χ3n) is 6.38. The normalized spacial score (nSPS) is 11.3. The van der Waals surface area contributed by atoms with Gasteiger partial charge in [-0.15, -0.1) is 0 Å². The number of hydrogen-bond acceptors (Lipinski definition) is 6. The number of anilines is 1. The molecule has 0 aliphatic carbocycles. The molecule has 4 rings (SSSR count). The number of aromatic nitrogens is 2. The van der Waals surface area contributed by atoms with E-state index in [2.05, 4.69) is 25.5 Å². The lowest BCUT2D eigenvalue weighted by Gasteiger charge is -2.18. The fourth-order valence-electron chi connectivity index (χ4n) is 4.27. The van der Waals surface area contributed by atoms with E-state index in [0.29, 0.717) is 29.1 Å². The van der Waals surface area contributed by atoms with E-state index in [1.54, 1.807) is 25.5 Å². The number of fused-ring (bicyclic) bond motifs is 1. The molecule has 0 bridgehead atoms. The minimum absolute atomic E-state index is 0.216. The highest BCUT2D eigenvalue weighted by molar-refractivity contribution is 5.85. The number of ether oxygens (including phenoxy) is 2. The number of benzene rings is 3. The summed E-state index contributed by atoms with van der Waals surface area (Å²) in [4.78, 5) is 20.6. The Labute approximate surface area is 223 Å². The first kappa shape index (κ1) is 26.7. The second-order valence-electron chi connectivity index (χ2n) is 9.59. The SMILES string of the molecule is C=CCOc1cc(N(C)C)ccc1C=Nn1c(-c2cc(C(C)C)c(OC)cc2C)nc2ccccc2c1=O. The number of methoxy groups -OCH3 is 1. The number of aryl methyl sites for hydroxylation is 1. The van der Waals surface area contributed by atoms with Crippen LogP contribution in [0.2, 0.25) is 0 Å². The van der Waals surface area contributed by atoms with Gasteiger partial charge in [-0.2, -0.15) is 9.78 Å². The van der Waals surface area contributed by atoms with Crippen molar-refractivity contribution in [1.29, 1.82) is 0 Å². The summed E-state index contributed by atoms with van der Waals surface area (Å²) in [5, 5.41) is 5.17. The van der Waals surface area contributed by atoms with Gasteiger partial charge in [0.2, 0.25) is 0 Å². The Hall–Kier alpha value is -4.39. The van der Waals surface area contributed by atoms with Gasteiger partial charge in [-0.05, 0) is 60.4 Å². The molecular formula is C31H34N4O3. The van der Waals surface area contributed by atoms with Crippen LogP contribution in [0.5, 0.6) is 11.5 Å². The Morgan fingerprint density at radius 2 is 1.87 bits per heavy atom. The van der Waals surface area contributed by atoms with Crippen LogP contribution in [0.1, 0.15) is 36.5 Å². The lowest BCUT2D eigenvalue weighted by atomic mass is 9.96. The van der Waals surface area contributed by atoms with Crippen LogP contribution in [-0.4, -0.2) is 43.7 Å². The molecule has 0 amide bonds. The van der Waals surface area contributed by atoms with Crippen molar-refractivity contribution in [3.05, 3.63) is 94.3 Å². The third-order valence-corrected chi connectivity index (χ3v) is 6.38. The highest BCUT2D eigenvalue weighted by Crippen LogP contribution is 2.34. The van der Waals surface area contributed by atoms with Crippen molar-refractivity contribution < 1.29 is 9.47 Å². The third kappa shape index (κ3) is 5.32. The maximum atomic E-state index is 13.7. The van der Waals surface area contributed by atoms with E-state index in [4.69, 9.17) is 14.5 Å². The fourth-order valence-corrected chi connectivity index (χ4v) is 4.27. The van der Waals surface area contributed by atoms with E-state index in [0.717, 1.165) is 33.7 Å². The van der Waals surface area contributed by atoms with Gasteiger partial charge < -0.3 is 14.4 Å². The Balaban J connectivity index is 1.95. The van der Waals surface area contributed by atoms with Crippen molar-refractivity contribution in [1.82, 2.24) is 9.66 Å². The zero-order chi connectivity index (χ0) is 27.4. The minimum Gasteiger partial charge on any atom is -0.496 e. The van der Waals surface area contributed by atoms with Gasteiger partial charge in [0.15, 0.2) is 5.82 Å². The van der Waals surface area contributed by atoms with Gasteiger partial charge in [-0.1, -0.05) is 38.6 Å². The first-order valence-electron chi connectivity index (χ1n) is 12.5. The Kier molecular flexibility index (Phi) is 7.96. The molecule has 1 heterocycles. The molecule has 3 aromatic carbocycles. The van der Waals surface area contributed by atoms with Gasteiger partial charge in [-0.3, -0.25) is 4.79 Å². The summed E-state index contributed by atoms with van der Waals surface area (Å²) >= 11 is 0. The predicted molar refractivity (Wildman–Crippen MR) is 156 cm³/mol. The molecule has 7 nitrogen and oxygen atoms in total. The topological polar surface area (TPSA) is 68.9 Å². The summed E-state index contributed by atoms with van der Waals surface area (Å²) in [5.41, 5.74) is 4.88. The standard InChI is InChI=1S/C31H34N4O3/c1-8-15-38-28-17-23(34(5)6)14-13-22(28)19-32-35-30(33-27-12-10-9-11-24(27)31(35)36)26-18-25(20(2)3)29(37-7)16-21(26)4/h8-14,16-20H,1,15H2,2-7H3. The summed E-state index contributed by atoms with van der Waals surface area (Å²) in [6.45, 7) is 10.3. The molecule has 0 atom stereocenters. The highest BCUT2D eigenvalue weighted by atomic mass is 16.5. The van der Waals surface area contributed by atoms with Crippen LogP contribution >= 0.6 is 0 Å². The van der Waals surface area contributed by atoms with Gasteiger partial charge in [0.05, 0.1) is 24.2 Å². The number of hydrogen-bond donors (Lipinski definition) is 0. The van der Waals surface area contributed by atoms with Crippen LogP contribution in [-0.2, 0) is 0 Å². The van der Waals surface area contributed by atoms with Gasteiger partial charge in [0.1, 0.15) is 18.1 Å². The maximum absolute atomic E-state index is 13.7. The van der Waals surface area contributed by atoms with Crippen molar-refractivity contribution >= 4 is 22.8 Å². The van der Waals surface area contributed by atoms with E-state index >= 15 is 0 Å². The quantitative estimate of drug-likeness (QED) is 0.204. The Morgan fingerprint density at radius 1 is 1.11 bits per heavy atom. The number of para-hydroxylation sites is 1. The molecule has 0 saturated carbocycles. The first-order chi connectivity index (χ1) is 18.2. The van der Waals surface area contributed by atoms with Crippen LogP contribution in [0.25, 0.3) is 22.3 Å². The number of nitrogens with zero attached hydrogens (tertiary/aromatic N) is 4. The zero-order valence-corrected chi connectivity index (χ0v) is 22.9. The fraction of sp³-hybridized carbons (Fsp3) is 0.258. The van der Waals surface area contributed by atoms with Crippen molar-refractivity contribution in [3.63, 3.8) is 0 Å². The summed E-state index contributed by atoms with van der Waals surface area (Å²) < 4.78 is 12.9. The number of rotatable bonds is 9. The summed E-state index contributed by atoms with van der Waals surface area (Å²) in [6.07, 6.45) is 3.33. The molecule has 0 N–H and O–H groups in total. The molecule has 0 saturated heterocycles. The van der Waals surface area contributed by atoms with Crippen molar-refractivity contribution in [3.8, 4) is 22.9 Å². The van der Waals surface area contributed by atoms with E-state index in [1.807, 2.05) is 74.4 Å². The van der Waals surface area contributed by atoms with E-state index in [-0.39, 0.29) is 11.5 Å². The van der Waals surface area contributed by atoms with Crippen LogP contribution in [0.3, 0.4) is 0 Å². The first-order valence-corrected chi connectivity index (χ1v) is 12.5. The molecule has 4 aromatic rings. The molecule has 1 aromatic heterocycles. The average Bonchev–Trinajstić information content (AvgIpc) is 2.91. The van der Waals surface area contributed by atoms with Gasteiger partial charge in [-0.25, -0.2) is 4.98 Å². The van der Waals surface area contributed by atoms with Crippen LogP contribution in [0.4, 0.5) is 5.69 Å². The van der Waals surface area contributed by atoms with Gasteiger partial charge >= 0.3 is 0 Å². The molecule has 0 aliphatic heterocycles. The highest BCUT2D eigenvalue weighted by Gasteiger charge is 2.18. The second-order valence-corrected chi connectivity index (χ2v) is 9.59. The largest absolute Gasteiger partial charge is 0.496 e. The minimum atomic E-state index is -0.248. The molecule has 7 heteroatoms. The summed E-state index contributed by atoms with van der Waals surface area (Å²) in [5.74, 6) is 2.13. The van der Waals surface area contributed by atoms with E-state index < -0.39 is 0 Å². The van der Waals surface area contributed by atoms with Crippen LogP contribution in [0, 0.1) is 6.92 Å². The molecule has 38 heavy (non-hydrogen) atoms. The Bertz CT molecular complexity index is 1570. The van der Waals surface area contributed by atoms with Gasteiger partial charge in [0.25, 0.3) is 5.56 Å². The smallest absolute Gasteiger partial charge is 0.282 e. The van der Waals surface area contributed by atoms with Crippen LogP contribution < -0.4 is 19.9 Å². The summed E-state index contributed by atoms with van der Waals surface area (Å²) in [7, 11) is 5.60. The molecule has 0 fully saturated rings. The van der Waals surface area contributed by atoms with Crippen molar-refractivity contribution in [2.24, 2.45) is 5.10 Å². The molecule has 0 unspecified atom stereocenters. The molecule has 0 radical (unpaired) electrons. The maximum Gasteiger partial charge on any atom is 0.282 e. The van der Waals surface area contributed by atoms with Crippen LogP contribution in [0.15, 0.2) is 77.1 Å². The molecule has 196 valence electrons. The van der Waals surface area contributed by atoms with Crippen molar-refractivity contribution in [2.75, 3.05) is 32.7 Å². The van der Waals surface area contributed by atoms with E-state index in [1.165, 1.54) is 4.68 Å². The lowest BCUT2D eigenvalue weighted by molar-refractivity contribution is 0.363. The van der Waals surface area contributed by atoms with E-state index in [9.17, 15) is 4.79 Å². The summed E-state index contributed by atoms with van der Waals surface area (Å²) in [6, 6.07) is 17.2. The predicted octanol–water partition coefficient (Wildman–Crippen LogP) is 6.02. The molecular weight excluding hydrogens is 476 g/mol. The average molecular weight is 511 g/mol. The van der Waals surface area contributed by atoms with Gasteiger partial charge in [0, 0.05) is 37.0 Å². The molecule has 0 aliphatic rings. The molecule has 0 spiro atoms. The zero-order valence-electron chi connectivity index (χ0n) is 22.9. The Morgan fingerprint density at radius 3 is 2.55 bits per heavy atom. The monoisotopic (exact) mass is 510 g/mol. The second kappa shape index (κ2) is 11.3. The lowest BCUT2D eigenvalue weighted by Crippen LogP contribution is -2.21. The van der Waals surface area contributed by atoms with Crippen molar-refractivity contribution in [2.45, 2.75) is 26.7 Å².